The zero-order valence-electron chi connectivity index (χ0n) is 11.6. The molecule has 0 unspecified atom stereocenters. The molecule has 1 aromatic heterocycles. The van der Waals surface area contributed by atoms with Crippen LogP contribution in [0.5, 0.6) is 0 Å². The van der Waals surface area contributed by atoms with Crippen LogP contribution in [-0.2, 0) is 6.42 Å². The number of nitrogens with one attached hydrogen (secondary N) is 1. The molecule has 0 atom stereocenters. The predicted octanol–water partition coefficient (Wildman–Crippen LogP) is 3.15. The third-order valence-electron chi connectivity index (χ3n) is 4.10. The van der Waals surface area contributed by atoms with Gasteiger partial charge in [-0.25, -0.2) is 4.98 Å². The molecule has 0 bridgehead atoms. The summed E-state index contributed by atoms with van der Waals surface area (Å²) in [7, 11) is 0. The molecule has 0 amide bonds. The highest BCUT2D eigenvalue weighted by molar-refractivity contribution is 5.62. The van der Waals surface area contributed by atoms with Crippen molar-refractivity contribution in [3.63, 3.8) is 0 Å². The minimum Gasteiger partial charge on any atom is -0.345 e. The van der Waals surface area contributed by atoms with E-state index in [0.717, 1.165) is 36.5 Å². The first kappa shape index (κ1) is 12.4. The quantitative estimate of drug-likeness (QED) is 0.885. The van der Waals surface area contributed by atoms with Gasteiger partial charge in [0.2, 0.25) is 0 Å². The largest absolute Gasteiger partial charge is 0.345 e. The number of hydrogen-bond donors (Lipinski definition) is 2. The van der Waals surface area contributed by atoms with Crippen LogP contribution in [0.15, 0.2) is 24.3 Å². The maximum atomic E-state index is 5.85. The fraction of sp³-hybridized carbons (Fsp3) is 0.438. The van der Waals surface area contributed by atoms with Gasteiger partial charge in [0.25, 0.3) is 0 Å². The smallest absolute Gasteiger partial charge is 0.110 e. The van der Waals surface area contributed by atoms with Crippen molar-refractivity contribution in [3.8, 4) is 11.3 Å². The van der Waals surface area contributed by atoms with E-state index in [-0.39, 0.29) is 0 Å². The van der Waals surface area contributed by atoms with Gasteiger partial charge in [0.15, 0.2) is 0 Å². The summed E-state index contributed by atoms with van der Waals surface area (Å²) in [5, 5.41) is 0. The molecule has 100 valence electrons. The first-order chi connectivity index (χ1) is 9.17. The van der Waals surface area contributed by atoms with Crippen molar-refractivity contribution in [3.05, 3.63) is 41.3 Å². The van der Waals surface area contributed by atoms with Crippen molar-refractivity contribution >= 4 is 0 Å². The van der Waals surface area contributed by atoms with E-state index in [1.807, 2.05) is 0 Å². The SMILES string of the molecule is CCc1ccc(-c2nc(C3CC(N)C3)[nH]c2C)cc1. The molecule has 0 aliphatic heterocycles. The number of nitrogens with zero attached hydrogens (tertiary/aromatic N) is 1. The molecule has 0 radical (unpaired) electrons. The van der Waals surface area contributed by atoms with Crippen molar-refractivity contribution in [1.29, 1.82) is 0 Å². The molecular formula is C16H21N3. The molecule has 1 saturated carbocycles. The summed E-state index contributed by atoms with van der Waals surface area (Å²) in [4.78, 5) is 8.21. The van der Waals surface area contributed by atoms with Crippen LogP contribution in [0.25, 0.3) is 11.3 Å². The van der Waals surface area contributed by atoms with Crippen molar-refractivity contribution in [2.45, 2.75) is 45.1 Å². The first-order valence-corrected chi connectivity index (χ1v) is 7.08. The van der Waals surface area contributed by atoms with Crippen LogP contribution < -0.4 is 5.73 Å². The molecule has 1 aromatic carbocycles. The molecule has 1 heterocycles. The van der Waals surface area contributed by atoms with E-state index in [1.165, 1.54) is 11.1 Å². The fourth-order valence-electron chi connectivity index (χ4n) is 2.74. The van der Waals surface area contributed by atoms with E-state index in [9.17, 15) is 0 Å². The average Bonchev–Trinajstić information content (AvgIpc) is 2.77. The van der Waals surface area contributed by atoms with Crippen LogP contribution in [0.1, 0.15) is 42.8 Å². The number of imidazole rings is 1. The summed E-state index contributed by atoms with van der Waals surface area (Å²) >= 11 is 0. The number of aryl methyl sites for hydroxylation is 2. The summed E-state index contributed by atoms with van der Waals surface area (Å²) < 4.78 is 0. The highest BCUT2D eigenvalue weighted by Gasteiger charge is 2.30. The summed E-state index contributed by atoms with van der Waals surface area (Å²) in [6.45, 7) is 4.27. The van der Waals surface area contributed by atoms with E-state index >= 15 is 0 Å². The standard InChI is InChI=1S/C16H21N3/c1-3-11-4-6-12(7-5-11)15-10(2)18-16(19-15)13-8-14(17)9-13/h4-7,13-14H,3,8-9,17H2,1-2H3,(H,18,19). The normalized spacial score (nSPS) is 22.3. The Morgan fingerprint density at radius 3 is 2.53 bits per heavy atom. The van der Waals surface area contributed by atoms with Gasteiger partial charge in [-0.05, 0) is 31.7 Å². The fourth-order valence-corrected chi connectivity index (χ4v) is 2.74. The Labute approximate surface area is 114 Å². The van der Waals surface area contributed by atoms with Crippen LogP contribution in [0, 0.1) is 6.92 Å². The predicted molar refractivity (Wildman–Crippen MR) is 78.1 cm³/mol. The highest BCUT2D eigenvalue weighted by atomic mass is 15.0. The molecule has 0 spiro atoms. The van der Waals surface area contributed by atoms with E-state index in [1.54, 1.807) is 0 Å². The van der Waals surface area contributed by atoms with Crippen LogP contribution in [0.2, 0.25) is 0 Å². The Balaban J connectivity index is 1.87. The van der Waals surface area contributed by atoms with Crippen LogP contribution >= 0.6 is 0 Å². The molecule has 3 nitrogen and oxygen atoms in total. The zero-order valence-corrected chi connectivity index (χ0v) is 11.6. The number of aromatic nitrogens is 2. The van der Waals surface area contributed by atoms with E-state index < -0.39 is 0 Å². The Kier molecular flexibility index (Phi) is 3.15. The monoisotopic (exact) mass is 255 g/mol. The summed E-state index contributed by atoms with van der Waals surface area (Å²) in [6, 6.07) is 9.06. The van der Waals surface area contributed by atoms with Gasteiger partial charge in [-0.3, -0.25) is 0 Å². The van der Waals surface area contributed by atoms with Gasteiger partial charge in [-0.15, -0.1) is 0 Å². The Morgan fingerprint density at radius 1 is 1.26 bits per heavy atom. The van der Waals surface area contributed by atoms with Gasteiger partial charge < -0.3 is 10.7 Å². The zero-order chi connectivity index (χ0) is 13.4. The van der Waals surface area contributed by atoms with Gasteiger partial charge in [0.05, 0.1) is 5.69 Å². The summed E-state index contributed by atoms with van der Waals surface area (Å²) in [5.74, 6) is 1.63. The lowest BCUT2D eigenvalue weighted by Gasteiger charge is -2.30. The number of benzene rings is 1. The molecule has 1 aliphatic rings. The maximum Gasteiger partial charge on any atom is 0.110 e. The molecule has 19 heavy (non-hydrogen) atoms. The third kappa shape index (κ3) is 2.30. The topological polar surface area (TPSA) is 54.7 Å². The molecule has 3 N–H and O–H groups in total. The molecule has 1 aliphatic carbocycles. The molecule has 1 fully saturated rings. The van der Waals surface area contributed by atoms with E-state index in [0.29, 0.717) is 12.0 Å². The van der Waals surface area contributed by atoms with Gasteiger partial charge in [-0.2, -0.15) is 0 Å². The van der Waals surface area contributed by atoms with Crippen molar-refractivity contribution < 1.29 is 0 Å². The number of H-pyrrole nitrogens is 1. The Bertz CT molecular complexity index is 562. The van der Waals surface area contributed by atoms with Crippen LogP contribution in [0.3, 0.4) is 0 Å². The van der Waals surface area contributed by atoms with Crippen molar-refractivity contribution in [2.75, 3.05) is 0 Å². The maximum absolute atomic E-state index is 5.85. The van der Waals surface area contributed by atoms with Crippen LogP contribution in [0.4, 0.5) is 0 Å². The highest BCUT2D eigenvalue weighted by Crippen LogP contribution is 2.35. The lowest BCUT2D eigenvalue weighted by Crippen LogP contribution is -2.35. The first-order valence-electron chi connectivity index (χ1n) is 7.08. The Hall–Kier alpha value is -1.61. The average molecular weight is 255 g/mol. The van der Waals surface area contributed by atoms with Crippen LogP contribution in [-0.4, -0.2) is 16.0 Å². The van der Waals surface area contributed by atoms with Crippen molar-refractivity contribution in [2.24, 2.45) is 5.73 Å². The molecule has 0 saturated heterocycles. The molecule has 3 heteroatoms. The molecular weight excluding hydrogens is 234 g/mol. The van der Waals surface area contributed by atoms with E-state index in [4.69, 9.17) is 10.7 Å². The van der Waals surface area contributed by atoms with Crippen molar-refractivity contribution in [1.82, 2.24) is 9.97 Å². The second kappa shape index (κ2) is 4.82. The third-order valence-corrected chi connectivity index (χ3v) is 4.10. The molecule has 2 aromatic rings. The lowest BCUT2D eigenvalue weighted by atomic mass is 9.80. The number of hydrogen-bond acceptors (Lipinski definition) is 2. The number of nitrogens with two attached hydrogens (primary N) is 1. The minimum absolute atomic E-state index is 0.364. The van der Waals surface area contributed by atoms with Gasteiger partial charge in [0, 0.05) is 23.2 Å². The van der Waals surface area contributed by atoms with Gasteiger partial charge in [0.1, 0.15) is 5.82 Å². The number of aromatic amines is 1. The van der Waals surface area contributed by atoms with E-state index in [2.05, 4.69) is 43.1 Å². The number of rotatable bonds is 3. The molecule has 3 rings (SSSR count). The lowest BCUT2D eigenvalue weighted by molar-refractivity contribution is 0.340. The second-order valence-electron chi connectivity index (χ2n) is 5.57. The van der Waals surface area contributed by atoms with Gasteiger partial charge >= 0.3 is 0 Å². The van der Waals surface area contributed by atoms with Gasteiger partial charge in [-0.1, -0.05) is 31.2 Å². The Morgan fingerprint density at radius 2 is 1.95 bits per heavy atom. The summed E-state index contributed by atoms with van der Waals surface area (Å²) in [5.41, 5.74) is 10.6. The minimum atomic E-state index is 0.364. The summed E-state index contributed by atoms with van der Waals surface area (Å²) in [6.07, 6.45) is 3.19. The second-order valence-corrected chi connectivity index (χ2v) is 5.57.